The van der Waals surface area contributed by atoms with Gasteiger partial charge in [0.2, 0.25) is 0 Å². The van der Waals surface area contributed by atoms with Crippen molar-refractivity contribution in [1.82, 2.24) is 5.32 Å². The Hall–Kier alpha value is -0.570. The van der Waals surface area contributed by atoms with Gasteiger partial charge < -0.3 is 10.4 Å². The largest absolute Gasteiger partial charge is 0.481 e. The van der Waals surface area contributed by atoms with Crippen molar-refractivity contribution in [1.29, 1.82) is 0 Å². The van der Waals surface area contributed by atoms with Gasteiger partial charge >= 0.3 is 5.97 Å². The molecule has 0 saturated carbocycles. The van der Waals surface area contributed by atoms with E-state index in [-0.39, 0.29) is 12.0 Å². The normalized spacial score (nSPS) is 17.1. The molecule has 3 unspecified atom stereocenters. The van der Waals surface area contributed by atoms with E-state index in [1.807, 2.05) is 6.92 Å². The van der Waals surface area contributed by atoms with Gasteiger partial charge in [0.05, 0.1) is 5.92 Å². The molecule has 15 heavy (non-hydrogen) atoms. The summed E-state index contributed by atoms with van der Waals surface area (Å²) in [5.41, 5.74) is 0. The molecule has 0 aliphatic carbocycles. The minimum atomic E-state index is -0.726. The van der Waals surface area contributed by atoms with Crippen LogP contribution in [0.4, 0.5) is 0 Å². The van der Waals surface area contributed by atoms with Crippen LogP contribution in [0, 0.1) is 5.92 Å². The van der Waals surface area contributed by atoms with E-state index in [1.165, 1.54) is 19.3 Å². The number of rotatable bonds is 8. The Morgan fingerprint density at radius 3 is 2.33 bits per heavy atom. The van der Waals surface area contributed by atoms with Crippen LogP contribution >= 0.6 is 0 Å². The molecule has 0 saturated heterocycles. The summed E-state index contributed by atoms with van der Waals surface area (Å²) in [5.74, 6) is -1.05. The van der Waals surface area contributed by atoms with Crippen molar-refractivity contribution < 1.29 is 9.90 Å². The van der Waals surface area contributed by atoms with Gasteiger partial charge in [0, 0.05) is 12.1 Å². The first kappa shape index (κ1) is 14.4. The molecular formula is C12H25NO2. The van der Waals surface area contributed by atoms with Crippen molar-refractivity contribution in [2.45, 2.75) is 65.5 Å². The van der Waals surface area contributed by atoms with E-state index in [0.717, 1.165) is 6.42 Å². The van der Waals surface area contributed by atoms with Crippen molar-refractivity contribution >= 4 is 5.97 Å². The topological polar surface area (TPSA) is 49.3 Å². The lowest BCUT2D eigenvalue weighted by Gasteiger charge is -2.22. The zero-order chi connectivity index (χ0) is 11.8. The Labute approximate surface area is 93.3 Å². The monoisotopic (exact) mass is 215 g/mol. The quantitative estimate of drug-likeness (QED) is 0.612. The molecule has 0 amide bonds. The van der Waals surface area contributed by atoms with Gasteiger partial charge in [-0.05, 0) is 20.3 Å². The maximum absolute atomic E-state index is 10.7. The van der Waals surface area contributed by atoms with Crippen LogP contribution in [0.3, 0.4) is 0 Å². The van der Waals surface area contributed by atoms with Crippen LogP contribution in [0.2, 0.25) is 0 Å². The number of hydrogen-bond donors (Lipinski definition) is 2. The van der Waals surface area contributed by atoms with Crippen molar-refractivity contribution in [3.63, 3.8) is 0 Å². The minimum Gasteiger partial charge on any atom is -0.481 e. The lowest BCUT2D eigenvalue weighted by Crippen LogP contribution is -2.41. The molecule has 0 heterocycles. The number of unbranched alkanes of at least 4 members (excludes halogenated alkanes) is 2. The van der Waals surface area contributed by atoms with E-state index < -0.39 is 5.97 Å². The van der Waals surface area contributed by atoms with Gasteiger partial charge in [-0.3, -0.25) is 4.79 Å². The van der Waals surface area contributed by atoms with E-state index >= 15 is 0 Å². The maximum atomic E-state index is 10.7. The zero-order valence-corrected chi connectivity index (χ0v) is 10.4. The summed E-state index contributed by atoms with van der Waals surface area (Å²) in [7, 11) is 0. The van der Waals surface area contributed by atoms with Gasteiger partial charge in [0.1, 0.15) is 0 Å². The van der Waals surface area contributed by atoms with Crippen LogP contribution in [0.15, 0.2) is 0 Å². The number of carboxylic acid groups (broad SMARTS) is 1. The summed E-state index contributed by atoms with van der Waals surface area (Å²) in [4.78, 5) is 10.7. The fourth-order valence-electron chi connectivity index (χ4n) is 1.59. The first-order valence-corrected chi connectivity index (χ1v) is 5.97. The van der Waals surface area contributed by atoms with Gasteiger partial charge in [0.25, 0.3) is 0 Å². The maximum Gasteiger partial charge on any atom is 0.307 e. The zero-order valence-electron chi connectivity index (χ0n) is 10.4. The first-order valence-electron chi connectivity index (χ1n) is 5.97. The number of carbonyl (C=O) groups is 1. The van der Waals surface area contributed by atoms with Crippen LogP contribution in [-0.4, -0.2) is 23.2 Å². The van der Waals surface area contributed by atoms with Crippen LogP contribution in [0.25, 0.3) is 0 Å². The van der Waals surface area contributed by atoms with Crippen molar-refractivity contribution in [3.05, 3.63) is 0 Å². The highest BCUT2D eigenvalue weighted by molar-refractivity contribution is 5.70. The van der Waals surface area contributed by atoms with Crippen LogP contribution in [0.5, 0.6) is 0 Å². The fourth-order valence-corrected chi connectivity index (χ4v) is 1.59. The molecular weight excluding hydrogens is 190 g/mol. The molecule has 3 atom stereocenters. The number of hydrogen-bond acceptors (Lipinski definition) is 2. The first-order chi connectivity index (χ1) is 6.99. The molecule has 0 aromatic heterocycles. The molecule has 0 aromatic rings. The Kier molecular flexibility index (Phi) is 7.39. The van der Waals surface area contributed by atoms with E-state index in [0.29, 0.717) is 6.04 Å². The predicted molar refractivity (Wildman–Crippen MR) is 63.0 cm³/mol. The average molecular weight is 215 g/mol. The predicted octanol–water partition coefficient (Wildman–Crippen LogP) is 2.65. The molecule has 0 rings (SSSR count). The molecule has 0 spiro atoms. The van der Waals surface area contributed by atoms with Crippen molar-refractivity contribution in [3.8, 4) is 0 Å². The number of nitrogens with one attached hydrogen (secondary N) is 1. The molecule has 0 aliphatic heterocycles. The highest BCUT2D eigenvalue weighted by atomic mass is 16.4. The third-order valence-corrected chi connectivity index (χ3v) is 2.93. The van der Waals surface area contributed by atoms with Gasteiger partial charge in [-0.1, -0.05) is 33.1 Å². The van der Waals surface area contributed by atoms with Gasteiger partial charge in [-0.2, -0.15) is 0 Å². The minimum absolute atomic E-state index is 0.0409. The molecule has 0 radical (unpaired) electrons. The van der Waals surface area contributed by atoms with E-state index in [1.54, 1.807) is 6.92 Å². The van der Waals surface area contributed by atoms with E-state index in [4.69, 9.17) is 5.11 Å². The third kappa shape index (κ3) is 6.50. The van der Waals surface area contributed by atoms with Crippen LogP contribution < -0.4 is 5.32 Å². The Morgan fingerprint density at radius 1 is 1.27 bits per heavy atom. The van der Waals surface area contributed by atoms with Crippen molar-refractivity contribution in [2.24, 2.45) is 5.92 Å². The summed E-state index contributed by atoms with van der Waals surface area (Å²) in [6.07, 6.45) is 4.84. The summed E-state index contributed by atoms with van der Waals surface area (Å²) < 4.78 is 0. The van der Waals surface area contributed by atoms with Gasteiger partial charge in [-0.15, -0.1) is 0 Å². The fraction of sp³-hybridized carbons (Fsp3) is 0.917. The highest BCUT2D eigenvalue weighted by Crippen LogP contribution is 2.07. The number of carboxylic acids is 1. The molecule has 0 aliphatic rings. The molecule has 2 N–H and O–H groups in total. The average Bonchev–Trinajstić information content (AvgIpc) is 2.16. The van der Waals surface area contributed by atoms with E-state index in [2.05, 4.69) is 19.2 Å². The van der Waals surface area contributed by atoms with E-state index in [9.17, 15) is 4.79 Å². The Bertz CT molecular complexity index is 182. The number of aliphatic carboxylic acids is 1. The van der Waals surface area contributed by atoms with Crippen LogP contribution in [0.1, 0.15) is 53.4 Å². The summed E-state index contributed by atoms with van der Waals surface area (Å²) in [6.45, 7) is 8.00. The molecule has 3 nitrogen and oxygen atoms in total. The second-order valence-electron chi connectivity index (χ2n) is 4.48. The SMILES string of the molecule is CCCCCC(C)NC(C)C(C)C(=O)O. The second kappa shape index (κ2) is 7.69. The summed E-state index contributed by atoms with van der Waals surface area (Å²) in [6, 6.07) is 0.451. The van der Waals surface area contributed by atoms with Crippen LogP contribution in [-0.2, 0) is 4.79 Å². The Balaban J connectivity index is 3.75. The molecule has 0 aromatic carbocycles. The highest BCUT2D eigenvalue weighted by Gasteiger charge is 2.20. The third-order valence-electron chi connectivity index (χ3n) is 2.93. The standard InChI is InChI=1S/C12H25NO2/c1-5-6-7-8-9(2)13-11(4)10(3)12(14)15/h9-11,13H,5-8H2,1-4H3,(H,14,15). The molecule has 3 heteroatoms. The lowest BCUT2D eigenvalue weighted by molar-refractivity contribution is -0.142. The summed E-state index contributed by atoms with van der Waals surface area (Å²) in [5, 5.41) is 12.2. The lowest BCUT2D eigenvalue weighted by atomic mass is 10.0. The molecule has 90 valence electrons. The smallest absolute Gasteiger partial charge is 0.307 e. The summed E-state index contributed by atoms with van der Waals surface area (Å²) >= 11 is 0. The molecule has 0 bridgehead atoms. The van der Waals surface area contributed by atoms with Gasteiger partial charge in [-0.25, -0.2) is 0 Å². The Morgan fingerprint density at radius 2 is 1.87 bits per heavy atom. The van der Waals surface area contributed by atoms with Gasteiger partial charge in [0.15, 0.2) is 0 Å². The second-order valence-corrected chi connectivity index (χ2v) is 4.48. The van der Waals surface area contributed by atoms with Crippen molar-refractivity contribution in [2.75, 3.05) is 0 Å². The molecule has 0 fully saturated rings.